The third kappa shape index (κ3) is 5.70. The Morgan fingerprint density at radius 2 is 1.47 bits per heavy atom. The van der Waals surface area contributed by atoms with Gasteiger partial charge in [-0.05, 0) is 49.7 Å². The van der Waals surface area contributed by atoms with Crippen LogP contribution in [-0.2, 0) is 14.1 Å². The van der Waals surface area contributed by atoms with Crippen LogP contribution in [-0.4, -0.2) is 20.0 Å². The highest BCUT2D eigenvalue weighted by molar-refractivity contribution is 7.99. The number of anilines is 3. The van der Waals surface area contributed by atoms with Crippen LogP contribution in [0.3, 0.4) is 0 Å². The van der Waals surface area contributed by atoms with Crippen LogP contribution >= 0.6 is 11.9 Å². The Morgan fingerprint density at radius 3 is 2.08 bits per heavy atom. The van der Waals surface area contributed by atoms with Crippen molar-refractivity contribution in [3.63, 3.8) is 0 Å². The van der Waals surface area contributed by atoms with E-state index in [1.54, 1.807) is 26.0 Å². The number of benzene rings is 2. The van der Waals surface area contributed by atoms with Gasteiger partial charge >= 0.3 is 5.69 Å². The largest absolute Gasteiger partial charge is 0.354 e. The predicted molar refractivity (Wildman–Crippen MR) is 159 cm³/mol. The molecule has 0 saturated carbocycles. The molecule has 0 radical (unpaired) electrons. The third-order valence-corrected chi connectivity index (χ3v) is 6.14. The highest BCUT2D eigenvalue weighted by Gasteiger charge is 2.23. The van der Waals surface area contributed by atoms with Gasteiger partial charge in [-0.2, -0.15) is 0 Å². The number of aromatic nitrogens is 3. The molecule has 0 aliphatic heterocycles. The first-order chi connectivity index (χ1) is 18.1. The first-order valence-electron chi connectivity index (χ1n) is 12.4. The van der Waals surface area contributed by atoms with Crippen LogP contribution in [0.1, 0.15) is 38.8 Å². The van der Waals surface area contributed by atoms with Gasteiger partial charge in [-0.3, -0.25) is 18.7 Å². The second kappa shape index (κ2) is 13.1. The molecule has 0 atom stereocenters. The Labute approximate surface area is 226 Å². The van der Waals surface area contributed by atoms with Crippen molar-refractivity contribution in [1.29, 1.82) is 0 Å². The number of nitrogens with zero attached hydrogens (tertiary/aromatic N) is 3. The van der Waals surface area contributed by atoms with Crippen molar-refractivity contribution in [3.05, 3.63) is 90.6 Å². The summed E-state index contributed by atoms with van der Waals surface area (Å²) in [5, 5.41) is 3.29. The molecule has 0 spiro atoms. The zero-order valence-corrected chi connectivity index (χ0v) is 24.2. The molecule has 0 bridgehead atoms. The van der Waals surface area contributed by atoms with E-state index in [4.69, 9.17) is 0 Å². The smallest absolute Gasteiger partial charge is 0.337 e. The molecule has 4 aromatic rings. The van der Waals surface area contributed by atoms with Crippen LogP contribution in [0.25, 0.3) is 16.7 Å². The average Bonchev–Trinajstić information content (AvgIpc) is 2.92. The summed E-state index contributed by atoms with van der Waals surface area (Å²) in [6, 6.07) is 11.8. The first-order valence-corrected chi connectivity index (χ1v) is 13.7. The van der Waals surface area contributed by atoms with E-state index in [0.717, 1.165) is 14.8 Å². The van der Waals surface area contributed by atoms with Gasteiger partial charge in [-0.15, -0.1) is 0 Å². The summed E-state index contributed by atoms with van der Waals surface area (Å²) in [7, 11) is 2.80. The van der Waals surface area contributed by atoms with E-state index in [-0.39, 0.29) is 22.4 Å². The van der Waals surface area contributed by atoms with Gasteiger partial charge in [0, 0.05) is 37.3 Å². The number of nitrogens with one attached hydrogen (secondary N) is 2. The lowest BCUT2D eigenvalue weighted by molar-refractivity contribution is 0.608. The Bertz CT molecular complexity index is 1620. The predicted octanol–water partition coefficient (Wildman–Crippen LogP) is 5.63. The zero-order chi connectivity index (χ0) is 28.7. The maximum Gasteiger partial charge on any atom is 0.337 e. The molecule has 38 heavy (non-hydrogen) atoms. The minimum Gasteiger partial charge on any atom is -0.354 e. The average molecular weight is 542 g/mol. The number of pyridine rings is 1. The molecule has 0 amide bonds. The summed E-state index contributed by atoms with van der Waals surface area (Å²) < 4.78 is 21.3. The molecule has 0 unspecified atom stereocenters. The Balaban J connectivity index is 0.00000121. The van der Waals surface area contributed by atoms with Crippen LogP contribution in [0.2, 0.25) is 0 Å². The van der Waals surface area contributed by atoms with Crippen molar-refractivity contribution >= 4 is 40.0 Å². The molecule has 2 aromatic carbocycles. The molecule has 2 aromatic heterocycles. The Kier molecular flexibility index (Phi) is 10.5. The summed E-state index contributed by atoms with van der Waals surface area (Å²) in [5.74, 6) is -0.638. The second-order valence-corrected chi connectivity index (χ2v) is 8.62. The number of rotatable bonds is 5. The summed E-state index contributed by atoms with van der Waals surface area (Å²) in [6.07, 6.45) is 1.89. The monoisotopic (exact) mass is 541 g/mol. The molecule has 0 fully saturated rings. The van der Waals surface area contributed by atoms with E-state index in [1.165, 1.54) is 42.7 Å². The van der Waals surface area contributed by atoms with E-state index in [1.807, 2.05) is 52.1 Å². The van der Waals surface area contributed by atoms with Crippen molar-refractivity contribution in [1.82, 2.24) is 13.7 Å². The van der Waals surface area contributed by atoms with Crippen molar-refractivity contribution in [2.24, 2.45) is 14.1 Å². The van der Waals surface area contributed by atoms with Crippen LogP contribution in [0.5, 0.6) is 0 Å². The highest BCUT2D eigenvalue weighted by Crippen LogP contribution is 2.28. The van der Waals surface area contributed by atoms with Gasteiger partial charge < -0.3 is 10.0 Å². The molecule has 10 heteroatoms. The van der Waals surface area contributed by atoms with Gasteiger partial charge in [0.05, 0.1) is 11.4 Å². The molecule has 8 nitrogen and oxygen atoms in total. The van der Waals surface area contributed by atoms with Crippen molar-refractivity contribution in [3.8, 4) is 5.69 Å². The van der Waals surface area contributed by atoms with Gasteiger partial charge in [-0.1, -0.05) is 51.8 Å². The van der Waals surface area contributed by atoms with Gasteiger partial charge in [0.1, 0.15) is 16.9 Å². The summed E-state index contributed by atoms with van der Waals surface area (Å²) >= 11 is 1.43. The van der Waals surface area contributed by atoms with Gasteiger partial charge in [0.25, 0.3) is 11.1 Å². The molecule has 4 rings (SSSR count). The zero-order valence-electron chi connectivity index (χ0n) is 23.4. The van der Waals surface area contributed by atoms with Crippen LogP contribution in [0.15, 0.2) is 56.8 Å². The molecule has 0 aliphatic carbocycles. The molecule has 0 saturated heterocycles. The van der Waals surface area contributed by atoms with E-state index in [2.05, 4.69) is 10.0 Å². The van der Waals surface area contributed by atoms with Gasteiger partial charge in [-0.25, -0.2) is 13.8 Å². The number of fused-ring (bicyclic) bond motifs is 1. The minimum atomic E-state index is -0.753. The Hall–Kier alpha value is -3.79. The van der Waals surface area contributed by atoms with E-state index in [0.29, 0.717) is 16.8 Å². The standard InChI is InChI=1S/C24H24FN5O3S.2C2H6/c1-13-9-10-18(17(25)11-13)30-21-19(23(32)29(4)24(30)33)20(14(2)22(31)28(21)3)26-15-7-6-8-16(12-15)27-34-5;2*1-2/h6-12,26-27H,1-5H3;2*1-2H3. The maximum absolute atomic E-state index is 15.0. The topological polar surface area (TPSA) is 90.1 Å². The summed E-state index contributed by atoms with van der Waals surface area (Å²) in [6.45, 7) is 11.3. The van der Waals surface area contributed by atoms with Crippen molar-refractivity contribution in [2.45, 2.75) is 41.5 Å². The van der Waals surface area contributed by atoms with Gasteiger partial charge in [0.2, 0.25) is 0 Å². The molecule has 2 heterocycles. The fourth-order valence-corrected chi connectivity index (χ4v) is 4.33. The SMILES string of the molecule is CC.CC.CSNc1cccc(Nc2c(C)c(=O)n(C)c3c2c(=O)n(C)c(=O)n3-c2ccc(C)cc2F)c1. The fraction of sp³-hybridized carbons (Fsp3) is 0.321. The van der Waals surface area contributed by atoms with E-state index in [9.17, 15) is 18.8 Å². The number of hydrogen-bond acceptors (Lipinski definition) is 6. The third-order valence-electron chi connectivity index (χ3n) is 5.70. The lowest BCUT2D eigenvalue weighted by Crippen LogP contribution is -2.41. The number of aryl methyl sites for hydroxylation is 2. The van der Waals surface area contributed by atoms with Crippen molar-refractivity contribution in [2.75, 3.05) is 16.3 Å². The van der Waals surface area contributed by atoms with Crippen LogP contribution in [0.4, 0.5) is 21.5 Å². The summed E-state index contributed by atoms with van der Waals surface area (Å²) in [5.41, 5.74) is 0.898. The lowest BCUT2D eigenvalue weighted by Gasteiger charge is -2.20. The molecular formula is C28H36FN5O3S. The highest BCUT2D eigenvalue weighted by atomic mass is 32.2. The van der Waals surface area contributed by atoms with Crippen LogP contribution < -0.4 is 26.8 Å². The van der Waals surface area contributed by atoms with Crippen LogP contribution in [0, 0.1) is 19.7 Å². The molecule has 0 aliphatic rings. The number of halogens is 1. The summed E-state index contributed by atoms with van der Waals surface area (Å²) in [4.78, 5) is 39.7. The van der Waals surface area contributed by atoms with Gasteiger partial charge in [0.15, 0.2) is 0 Å². The molecular weight excluding hydrogens is 505 g/mol. The first kappa shape index (κ1) is 30.4. The molecule has 204 valence electrons. The quantitative estimate of drug-likeness (QED) is 0.318. The lowest BCUT2D eigenvalue weighted by atomic mass is 10.1. The number of hydrogen-bond donors (Lipinski definition) is 2. The second-order valence-electron chi connectivity index (χ2n) is 8.01. The molecule has 2 N–H and O–H groups in total. The van der Waals surface area contributed by atoms with E-state index < -0.39 is 22.6 Å². The maximum atomic E-state index is 15.0. The Morgan fingerprint density at radius 1 is 0.842 bits per heavy atom. The van der Waals surface area contributed by atoms with E-state index >= 15 is 0 Å². The fourth-order valence-electron chi connectivity index (χ4n) is 3.97. The normalized spacial score (nSPS) is 10.3. The minimum absolute atomic E-state index is 0.00680. The van der Waals surface area contributed by atoms with Crippen molar-refractivity contribution < 1.29 is 4.39 Å².